The van der Waals surface area contributed by atoms with Gasteiger partial charge in [-0.3, -0.25) is 19.2 Å². The Balaban J connectivity index is 1.65. The number of hydrogen-bond donors (Lipinski definition) is 2. The minimum absolute atomic E-state index is 0.0598. The van der Waals surface area contributed by atoms with Crippen molar-refractivity contribution in [2.24, 2.45) is 11.8 Å². The second kappa shape index (κ2) is 13.0. The van der Waals surface area contributed by atoms with Crippen LogP contribution < -0.4 is 5.32 Å². The summed E-state index contributed by atoms with van der Waals surface area (Å²) in [6.07, 6.45) is 3.59. The molecule has 3 heterocycles. The van der Waals surface area contributed by atoms with E-state index in [4.69, 9.17) is 9.47 Å². The Labute approximate surface area is 254 Å². The van der Waals surface area contributed by atoms with Gasteiger partial charge in [0.05, 0.1) is 30.6 Å². The molecule has 3 saturated heterocycles. The number of likely N-dealkylation sites (tertiary alicyclic amines) is 1. The zero-order chi connectivity index (χ0) is 31.5. The lowest BCUT2D eigenvalue weighted by molar-refractivity contribution is -0.162. The summed E-state index contributed by atoms with van der Waals surface area (Å²) in [5, 5.41) is 12.8. The van der Waals surface area contributed by atoms with Gasteiger partial charge in [-0.05, 0) is 52.5 Å². The van der Waals surface area contributed by atoms with Crippen LogP contribution in [0.5, 0.6) is 0 Å². The number of benzene rings is 1. The van der Waals surface area contributed by atoms with Crippen molar-refractivity contribution < 1.29 is 33.8 Å². The van der Waals surface area contributed by atoms with Crippen molar-refractivity contribution in [3.63, 3.8) is 0 Å². The summed E-state index contributed by atoms with van der Waals surface area (Å²) in [6.45, 7) is 14.8. The average Bonchev–Trinajstić information content (AvgIpc) is 3.60. The van der Waals surface area contributed by atoms with Gasteiger partial charge < -0.3 is 29.7 Å². The van der Waals surface area contributed by atoms with Gasteiger partial charge in [0.1, 0.15) is 17.7 Å². The molecule has 3 amide bonds. The predicted octanol–water partition coefficient (Wildman–Crippen LogP) is 2.92. The topological polar surface area (TPSA) is 125 Å². The van der Waals surface area contributed by atoms with E-state index in [0.29, 0.717) is 24.8 Å². The number of hydrogen-bond acceptors (Lipinski definition) is 7. The van der Waals surface area contributed by atoms with Gasteiger partial charge in [0, 0.05) is 25.0 Å². The summed E-state index contributed by atoms with van der Waals surface area (Å²) in [7, 11) is 0. The molecule has 3 fully saturated rings. The van der Waals surface area contributed by atoms with Crippen molar-refractivity contribution in [2.75, 3.05) is 19.7 Å². The van der Waals surface area contributed by atoms with Crippen LogP contribution in [0, 0.1) is 11.8 Å². The molecular formula is C33H45N3O7. The van der Waals surface area contributed by atoms with Crippen LogP contribution in [0.1, 0.15) is 65.0 Å². The highest BCUT2D eigenvalue weighted by Gasteiger charge is 2.75. The first kappa shape index (κ1) is 32.4. The predicted molar refractivity (Wildman–Crippen MR) is 160 cm³/mol. The first-order valence-corrected chi connectivity index (χ1v) is 15.1. The molecule has 4 rings (SSSR count). The van der Waals surface area contributed by atoms with Crippen molar-refractivity contribution in [2.45, 2.75) is 88.8 Å². The third-order valence-corrected chi connectivity index (χ3v) is 8.82. The molecule has 3 aliphatic rings. The van der Waals surface area contributed by atoms with Crippen LogP contribution in [0.2, 0.25) is 0 Å². The summed E-state index contributed by atoms with van der Waals surface area (Å²) < 4.78 is 12.6. The molecule has 2 N–H and O–H groups in total. The van der Waals surface area contributed by atoms with Crippen LogP contribution in [0.3, 0.4) is 0 Å². The van der Waals surface area contributed by atoms with Crippen molar-refractivity contribution >= 4 is 23.7 Å². The third kappa shape index (κ3) is 6.13. The number of nitrogens with zero attached hydrogens (tertiary/aromatic N) is 2. The highest BCUT2D eigenvalue weighted by Crippen LogP contribution is 2.59. The second-order valence-electron chi connectivity index (χ2n) is 12.7. The number of amides is 3. The van der Waals surface area contributed by atoms with Gasteiger partial charge in [-0.1, -0.05) is 42.5 Å². The zero-order valence-corrected chi connectivity index (χ0v) is 25.7. The SMILES string of the molecule is C=CCCC(=O)N[C@@H](C)[C@H](OC(=O)[C@@H]1[C@H]2C(=O)N(CCO)[C@H](C(=O)N(CC=C)C(C)(C)C)[C@]23CC[C@H]1O3)c1ccccc1. The quantitative estimate of drug-likeness (QED) is 0.265. The number of β-amino-alcohol motifs (C(OH)–C–C–N with tert-alkyl or cyclic N) is 1. The summed E-state index contributed by atoms with van der Waals surface area (Å²) in [5.41, 5.74) is -1.09. The maximum atomic E-state index is 14.2. The van der Waals surface area contributed by atoms with Gasteiger partial charge in [-0.15, -0.1) is 13.2 Å². The summed E-state index contributed by atoms with van der Waals surface area (Å²) in [6, 6.07) is 7.59. The lowest BCUT2D eigenvalue weighted by Crippen LogP contribution is -2.60. The van der Waals surface area contributed by atoms with E-state index in [1.165, 1.54) is 4.90 Å². The fourth-order valence-corrected chi connectivity index (χ4v) is 6.96. The minimum atomic E-state index is -1.21. The van der Waals surface area contributed by atoms with Crippen LogP contribution in [0.15, 0.2) is 55.6 Å². The second-order valence-corrected chi connectivity index (χ2v) is 12.7. The number of allylic oxidation sites excluding steroid dienone is 1. The van der Waals surface area contributed by atoms with Crippen molar-refractivity contribution in [1.29, 1.82) is 0 Å². The van der Waals surface area contributed by atoms with Crippen molar-refractivity contribution in [3.8, 4) is 0 Å². The molecule has 1 aromatic carbocycles. The number of carbonyl (C=O) groups is 4. The number of fused-ring (bicyclic) bond motifs is 1. The molecule has 43 heavy (non-hydrogen) atoms. The van der Waals surface area contributed by atoms with E-state index in [2.05, 4.69) is 18.5 Å². The normalized spacial score (nSPS) is 27.3. The first-order chi connectivity index (χ1) is 20.4. The maximum Gasteiger partial charge on any atom is 0.313 e. The number of nitrogens with one attached hydrogen (secondary N) is 1. The standard InChI is InChI=1S/C33H45N3O7/c1-7-9-15-24(38)34-21(3)27(22-13-11-10-12-14-22)42-31(41)25-23-16-17-33(43-23)26(25)29(39)35(19-20-37)28(33)30(40)36(18-8-2)32(4,5)6/h7-8,10-14,21,23,25-28,37H,1-2,9,15-20H2,3-6H3,(H,34,38)/t21-,23+,25-,26-,27-,28+,33-/m0/s1. The zero-order valence-electron chi connectivity index (χ0n) is 25.7. The Bertz CT molecular complexity index is 1230. The fraction of sp³-hybridized carbons (Fsp3) is 0.576. The van der Waals surface area contributed by atoms with E-state index in [-0.39, 0.29) is 37.9 Å². The fourth-order valence-electron chi connectivity index (χ4n) is 6.96. The maximum absolute atomic E-state index is 14.2. The number of aliphatic hydroxyl groups is 1. The molecule has 2 bridgehead atoms. The summed E-state index contributed by atoms with van der Waals surface area (Å²) >= 11 is 0. The molecule has 1 aromatic rings. The van der Waals surface area contributed by atoms with Gasteiger partial charge in [-0.25, -0.2) is 0 Å². The largest absolute Gasteiger partial charge is 0.455 e. The third-order valence-electron chi connectivity index (χ3n) is 8.82. The Kier molecular flexibility index (Phi) is 9.81. The van der Waals surface area contributed by atoms with E-state index in [9.17, 15) is 24.3 Å². The van der Waals surface area contributed by atoms with Gasteiger partial charge in [0.15, 0.2) is 0 Å². The van der Waals surface area contributed by atoms with Crippen LogP contribution in [-0.4, -0.2) is 87.6 Å². The Morgan fingerprint density at radius 1 is 1.23 bits per heavy atom. The molecule has 10 heteroatoms. The molecule has 7 atom stereocenters. The average molecular weight is 596 g/mol. The lowest BCUT2D eigenvalue weighted by Gasteiger charge is -2.41. The smallest absolute Gasteiger partial charge is 0.313 e. The number of aliphatic hydroxyl groups excluding tert-OH is 1. The number of rotatable bonds is 13. The molecule has 1 spiro atoms. The Morgan fingerprint density at radius 2 is 1.93 bits per heavy atom. The summed E-state index contributed by atoms with van der Waals surface area (Å²) in [4.78, 5) is 57.8. The molecule has 3 aliphatic heterocycles. The van der Waals surface area contributed by atoms with E-state index in [1.807, 2.05) is 51.1 Å². The highest BCUT2D eigenvalue weighted by atomic mass is 16.6. The number of carbonyl (C=O) groups excluding carboxylic acids is 4. The van der Waals surface area contributed by atoms with Crippen LogP contribution in [0.25, 0.3) is 0 Å². The molecule has 0 saturated carbocycles. The number of ether oxygens (including phenoxy) is 2. The highest BCUT2D eigenvalue weighted by molar-refractivity contribution is 5.98. The Hall–Kier alpha value is -3.50. The molecule has 0 unspecified atom stereocenters. The van der Waals surface area contributed by atoms with Gasteiger partial charge in [-0.2, -0.15) is 0 Å². The Morgan fingerprint density at radius 3 is 2.53 bits per heavy atom. The van der Waals surface area contributed by atoms with Gasteiger partial charge in [0.2, 0.25) is 17.7 Å². The molecular weight excluding hydrogens is 550 g/mol. The lowest BCUT2D eigenvalue weighted by atomic mass is 9.70. The van der Waals surface area contributed by atoms with Crippen LogP contribution >= 0.6 is 0 Å². The van der Waals surface area contributed by atoms with Gasteiger partial charge in [0.25, 0.3) is 0 Å². The van der Waals surface area contributed by atoms with E-state index < -0.39 is 59.1 Å². The van der Waals surface area contributed by atoms with Crippen LogP contribution in [0.4, 0.5) is 0 Å². The monoisotopic (exact) mass is 595 g/mol. The number of esters is 1. The van der Waals surface area contributed by atoms with E-state index in [0.717, 1.165) is 0 Å². The van der Waals surface area contributed by atoms with Gasteiger partial charge >= 0.3 is 5.97 Å². The molecule has 0 aromatic heterocycles. The van der Waals surface area contributed by atoms with Crippen molar-refractivity contribution in [1.82, 2.24) is 15.1 Å². The molecule has 10 nitrogen and oxygen atoms in total. The van der Waals surface area contributed by atoms with Crippen LogP contribution in [-0.2, 0) is 28.7 Å². The summed E-state index contributed by atoms with van der Waals surface area (Å²) in [5.74, 6) is -3.37. The van der Waals surface area contributed by atoms with Crippen molar-refractivity contribution in [3.05, 3.63) is 61.2 Å². The first-order valence-electron chi connectivity index (χ1n) is 15.1. The molecule has 234 valence electrons. The van der Waals surface area contributed by atoms with E-state index in [1.54, 1.807) is 24.0 Å². The molecule has 0 aliphatic carbocycles. The van der Waals surface area contributed by atoms with E-state index >= 15 is 0 Å². The molecule has 0 radical (unpaired) electrons. The minimum Gasteiger partial charge on any atom is -0.455 e.